The van der Waals surface area contributed by atoms with Gasteiger partial charge in [0, 0.05) is 11.3 Å². The van der Waals surface area contributed by atoms with Gasteiger partial charge in [-0.25, -0.2) is 0 Å². The molecule has 5 heteroatoms. The van der Waals surface area contributed by atoms with Gasteiger partial charge in [-0.1, -0.05) is 23.4 Å². The van der Waals surface area contributed by atoms with Crippen LogP contribution in [0.15, 0.2) is 29.6 Å². The van der Waals surface area contributed by atoms with E-state index in [4.69, 9.17) is 17.3 Å². The first-order chi connectivity index (χ1) is 9.61. The quantitative estimate of drug-likeness (QED) is 0.837. The summed E-state index contributed by atoms with van der Waals surface area (Å²) in [6.07, 6.45) is 0. The molecule has 0 radical (unpaired) electrons. The molecule has 1 heterocycles. The highest BCUT2D eigenvalue weighted by Crippen LogP contribution is 2.22. The molecule has 0 atom stereocenters. The van der Waals surface area contributed by atoms with Crippen molar-refractivity contribution in [3.8, 4) is 11.8 Å². The Morgan fingerprint density at radius 3 is 2.90 bits per heavy atom. The summed E-state index contributed by atoms with van der Waals surface area (Å²) in [4.78, 5) is 12.8. The van der Waals surface area contributed by atoms with Crippen LogP contribution in [-0.4, -0.2) is 12.5 Å². The molecule has 0 aliphatic heterocycles. The Labute approximate surface area is 126 Å². The average molecular weight is 305 g/mol. The van der Waals surface area contributed by atoms with E-state index < -0.39 is 0 Å². The predicted octanol–water partition coefficient (Wildman–Crippen LogP) is 3.27. The van der Waals surface area contributed by atoms with Crippen LogP contribution in [-0.2, 0) is 0 Å². The summed E-state index contributed by atoms with van der Waals surface area (Å²) >= 11 is 7.45. The number of hydrogen-bond donors (Lipinski definition) is 2. The molecule has 1 aromatic carbocycles. The van der Waals surface area contributed by atoms with E-state index in [-0.39, 0.29) is 12.5 Å². The second-order valence-corrected chi connectivity index (χ2v) is 5.41. The number of anilines is 1. The van der Waals surface area contributed by atoms with E-state index in [1.54, 1.807) is 18.2 Å². The summed E-state index contributed by atoms with van der Waals surface area (Å²) in [5.41, 5.74) is 7.62. The molecule has 3 N–H and O–H groups in total. The highest BCUT2D eigenvalue weighted by molar-refractivity contribution is 7.12. The fourth-order valence-corrected chi connectivity index (χ4v) is 2.62. The van der Waals surface area contributed by atoms with Crippen LogP contribution in [0.5, 0.6) is 0 Å². The van der Waals surface area contributed by atoms with Crippen LogP contribution in [0, 0.1) is 18.8 Å². The zero-order chi connectivity index (χ0) is 14.5. The van der Waals surface area contributed by atoms with Crippen LogP contribution in [0.3, 0.4) is 0 Å². The summed E-state index contributed by atoms with van der Waals surface area (Å²) < 4.78 is 0. The highest BCUT2D eigenvalue weighted by Gasteiger charge is 2.11. The third-order valence-corrected chi connectivity index (χ3v) is 3.96. The second kappa shape index (κ2) is 6.58. The van der Waals surface area contributed by atoms with Crippen LogP contribution in [0.2, 0.25) is 5.02 Å². The van der Waals surface area contributed by atoms with Crippen molar-refractivity contribution in [3.63, 3.8) is 0 Å². The molecule has 0 spiro atoms. The van der Waals surface area contributed by atoms with Crippen molar-refractivity contribution in [2.24, 2.45) is 5.73 Å². The van der Waals surface area contributed by atoms with Crippen molar-refractivity contribution in [1.29, 1.82) is 0 Å². The first kappa shape index (κ1) is 14.6. The smallest absolute Gasteiger partial charge is 0.265 e. The molecule has 2 aromatic rings. The van der Waals surface area contributed by atoms with Gasteiger partial charge in [0.05, 0.1) is 16.4 Å². The zero-order valence-corrected chi connectivity index (χ0v) is 12.4. The molecule has 0 aliphatic carbocycles. The van der Waals surface area contributed by atoms with Gasteiger partial charge in [0.15, 0.2) is 0 Å². The summed E-state index contributed by atoms with van der Waals surface area (Å²) in [6, 6.07) is 7.11. The summed E-state index contributed by atoms with van der Waals surface area (Å²) in [6.45, 7) is 2.17. The zero-order valence-electron chi connectivity index (χ0n) is 10.9. The van der Waals surface area contributed by atoms with Crippen molar-refractivity contribution in [2.75, 3.05) is 11.9 Å². The Morgan fingerprint density at radius 2 is 2.25 bits per heavy atom. The molecule has 0 bridgehead atoms. The summed E-state index contributed by atoms with van der Waals surface area (Å²) in [5.74, 6) is 5.49. The molecule has 0 saturated carbocycles. The topological polar surface area (TPSA) is 55.1 Å². The Bertz CT molecular complexity index is 697. The van der Waals surface area contributed by atoms with Gasteiger partial charge in [0.2, 0.25) is 0 Å². The van der Waals surface area contributed by atoms with E-state index in [0.717, 1.165) is 5.56 Å². The third kappa shape index (κ3) is 3.40. The SMILES string of the molecule is Cc1ccsc1C(=O)Nc1ccc(Cl)c(C#CCN)c1. The first-order valence-electron chi connectivity index (χ1n) is 5.95. The number of halogens is 1. The molecule has 0 aliphatic rings. The van der Waals surface area contributed by atoms with Crippen molar-refractivity contribution in [1.82, 2.24) is 0 Å². The van der Waals surface area contributed by atoms with E-state index in [1.165, 1.54) is 11.3 Å². The number of benzene rings is 1. The molecular formula is C15H13ClN2OS. The number of aryl methyl sites for hydroxylation is 1. The van der Waals surface area contributed by atoms with E-state index in [9.17, 15) is 4.79 Å². The fourth-order valence-electron chi connectivity index (χ4n) is 1.64. The van der Waals surface area contributed by atoms with Gasteiger partial charge in [-0.05, 0) is 42.1 Å². The molecule has 2 rings (SSSR count). The highest BCUT2D eigenvalue weighted by atomic mass is 35.5. The minimum absolute atomic E-state index is 0.127. The Hall–Kier alpha value is -1.80. The molecule has 0 unspecified atom stereocenters. The van der Waals surface area contributed by atoms with Crippen molar-refractivity contribution >= 4 is 34.5 Å². The van der Waals surface area contributed by atoms with Crippen LogP contribution in [0.4, 0.5) is 5.69 Å². The lowest BCUT2D eigenvalue weighted by atomic mass is 10.2. The predicted molar refractivity (Wildman–Crippen MR) is 84.4 cm³/mol. The summed E-state index contributed by atoms with van der Waals surface area (Å²) in [7, 11) is 0. The van der Waals surface area contributed by atoms with Gasteiger partial charge in [-0.3, -0.25) is 4.79 Å². The standard InChI is InChI=1S/C15H13ClN2OS/c1-10-6-8-20-14(10)15(19)18-12-4-5-13(16)11(9-12)3-2-7-17/h4-6,8-9H,7,17H2,1H3,(H,18,19). The number of nitrogens with two attached hydrogens (primary N) is 1. The van der Waals surface area contributed by atoms with Crippen molar-refractivity contribution in [3.05, 3.63) is 50.7 Å². The van der Waals surface area contributed by atoms with Crippen LogP contribution in [0.1, 0.15) is 20.8 Å². The lowest BCUT2D eigenvalue weighted by Crippen LogP contribution is -2.11. The average Bonchev–Trinajstić information content (AvgIpc) is 2.85. The minimum atomic E-state index is -0.127. The monoisotopic (exact) mass is 304 g/mol. The molecule has 0 saturated heterocycles. The maximum atomic E-state index is 12.1. The van der Waals surface area contributed by atoms with Crippen molar-refractivity contribution in [2.45, 2.75) is 6.92 Å². The van der Waals surface area contributed by atoms with E-state index in [0.29, 0.717) is 21.2 Å². The number of carbonyl (C=O) groups is 1. The summed E-state index contributed by atoms with van der Waals surface area (Å²) in [5, 5.41) is 5.27. The van der Waals surface area contributed by atoms with Gasteiger partial charge in [0.1, 0.15) is 0 Å². The number of nitrogens with one attached hydrogen (secondary N) is 1. The lowest BCUT2D eigenvalue weighted by Gasteiger charge is -2.06. The van der Waals surface area contributed by atoms with Gasteiger partial charge in [-0.2, -0.15) is 0 Å². The first-order valence-corrected chi connectivity index (χ1v) is 7.21. The van der Waals surface area contributed by atoms with Crippen LogP contribution >= 0.6 is 22.9 Å². The number of thiophene rings is 1. The van der Waals surface area contributed by atoms with Crippen molar-refractivity contribution < 1.29 is 4.79 Å². The maximum absolute atomic E-state index is 12.1. The molecular weight excluding hydrogens is 292 g/mol. The number of rotatable bonds is 2. The van der Waals surface area contributed by atoms with E-state index in [1.807, 2.05) is 18.4 Å². The molecule has 3 nitrogen and oxygen atoms in total. The Morgan fingerprint density at radius 1 is 1.45 bits per heavy atom. The number of carbonyl (C=O) groups excluding carboxylic acids is 1. The van der Waals surface area contributed by atoms with Crippen LogP contribution in [0.25, 0.3) is 0 Å². The lowest BCUT2D eigenvalue weighted by molar-refractivity contribution is 0.103. The van der Waals surface area contributed by atoms with Gasteiger partial charge in [0.25, 0.3) is 5.91 Å². The molecule has 1 amide bonds. The molecule has 20 heavy (non-hydrogen) atoms. The largest absolute Gasteiger partial charge is 0.321 e. The normalized spacial score (nSPS) is 9.75. The van der Waals surface area contributed by atoms with E-state index >= 15 is 0 Å². The molecule has 0 fully saturated rings. The van der Waals surface area contributed by atoms with Crippen LogP contribution < -0.4 is 11.1 Å². The van der Waals surface area contributed by atoms with Gasteiger partial charge < -0.3 is 11.1 Å². The van der Waals surface area contributed by atoms with Gasteiger partial charge >= 0.3 is 0 Å². The maximum Gasteiger partial charge on any atom is 0.265 e. The Kier molecular flexibility index (Phi) is 4.80. The molecule has 102 valence electrons. The Balaban J connectivity index is 2.22. The second-order valence-electron chi connectivity index (χ2n) is 4.09. The van der Waals surface area contributed by atoms with Gasteiger partial charge in [-0.15, -0.1) is 11.3 Å². The number of amides is 1. The third-order valence-electron chi connectivity index (χ3n) is 2.62. The number of hydrogen-bond acceptors (Lipinski definition) is 3. The van der Waals surface area contributed by atoms with E-state index in [2.05, 4.69) is 17.2 Å². The fraction of sp³-hybridized carbons (Fsp3) is 0.133. The minimum Gasteiger partial charge on any atom is -0.321 e. The molecule has 1 aromatic heterocycles.